The van der Waals surface area contributed by atoms with E-state index in [1.165, 1.54) is 6.08 Å². The minimum absolute atomic E-state index is 0.214. The van der Waals surface area contributed by atoms with E-state index in [0.717, 1.165) is 4.47 Å². The average molecular weight is 415 g/mol. The van der Waals surface area contributed by atoms with Gasteiger partial charge in [-0.3, -0.25) is 0 Å². The smallest absolute Gasteiger partial charge is 0.133 e. The molecule has 130 valence electrons. The van der Waals surface area contributed by atoms with E-state index in [1.807, 2.05) is 19.9 Å². The van der Waals surface area contributed by atoms with Crippen molar-refractivity contribution >= 4 is 39.1 Å². The van der Waals surface area contributed by atoms with Crippen LogP contribution in [0.25, 0.3) is 0 Å². The van der Waals surface area contributed by atoms with E-state index >= 15 is 0 Å². The summed E-state index contributed by atoms with van der Waals surface area (Å²) in [6.07, 6.45) is 3.86. The molecule has 0 saturated heterocycles. The maximum atomic E-state index is 14.3. The van der Waals surface area contributed by atoms with Crippen molar-refractivity contribution in [1.29, 1.82) is 0 Å². The highest BCUT2D eigenvalue weighted by Gasteiger charge is 2.11. The van der Waals surface area contributed by atoms with E-state index in [2.05, 4.69) is 26.2 Å². The van der Waals surface area contributed by atoms with E-state index < -0.39 is 0 Å². The summed E-state index contributed by atoms with van der Waals surface area (Å²) in [5, 5.41) is 3.60. The van der Waals surface area contributed by atoms with Crippen LogP contribution in [0.5, 0.6) is 0 Å². The Kier molecular flexibility index (Phi) is 8.22. The fourth-order valence-electron chi connectivity index (χ4n) is 1.90. The standard InChI is InChI=1S/C18H22BrClFN3/c1-5-11(3)16(21)10-13(17(6-2)23-4)18(22)24-12-7-8-15(20)14(19)9-12/h6-10,23H,5H2,1-4H3,(H2,22,24)/b13-10+,16-11-,17-6+. The molecule has 0 unspecified atom stereocenters. The van der Waals surface area contributed by atoms with E-state index in [-0.39, 0.29) is 11.7 Å². The number of nitrogens with one attached hydrogen (secondary N) is 1. The summed E-state index contributed by atoms with van der Waals surface area (Å²) in [7, 11) is 1.75. The molecule has 0 bridgehead atoms. The Hall–Kier alpha value is -1.59. The number of benzene rings is 1. The van der Waals surface area contributed by atoms with Gasteiger partial charge in [0.05, 0.1) is 10.7 Å². The normalized spacial score (nSPS) is 14.5. The fraction of sp³-hybridized carbons (Fsp3) is 0.278. The summed E-state index contributed by atoms with van der Waals surface area (Å²) in [4.78, 5) is 4.38. The molecule has 0 spiro atoms. The number of halogens is 3. The molecule has 1 aromatic rings. The number of amidine groups is 1. The Bertz CT molecular complexity index is 721. The molecule has 0 amide bonds. The number of hydrogen-bond acceptors (Lipinski definition) is 2. The second kappa shape index (κ2) is 9.64. The van der Waals surface area contributed by atoms with E-state index in [9.17, 15) is 4.39 Å². The molecular formula is C18H22BrClFN3. The van der Waals surface area contributed by atoms with Crippen LogP contribution in [0.1, 0.15) is 27.2 Å². The number of nitrogens with two attached hydrogens (primary N) is 1. The lowest BCUT2D eigenvalue weighted by Crippen LogP contribution is -2.21. The summed E-state index contributed by atoms with van der Waals surface area (Å²) >= 11 is 9.33. The Balaban J connectivity index is 3.40. The van der Waals surface area contributed by atoms with Gasteiger partial charge >= 0.3 is 0 Å². The first-order valence-corrected chi connectivity index (χ1v) is 8.72. The molecule has 0 aromatic heterocycles. The summed E-state index contributed by atoms with van der Waals surface area (Å²) < 4.78 is 15.0. The van der Waals surface area contributed by atoms with Crippen molar-refractivity contribution in [3.8, 4) is 0 Å². The van der Waals surface area contributed by atoms with Crippen LogP contribution in [-0.2, 0) is 0 Å². The summed E-state index contributed by atoms with van der Waals surface area (Å²) in [6.45, 7) is 5.50. The van der Waals surface area contributed by atoms with E-state index in [0.29, 0.717) is 34.0 Å². The van der Waals surface area contributed by atoms with Crippen LogP contribution in [0.2, 0.25) is 5.02 Å². The first-order valence-electron chi connectivity index (χ1n) is 7.54. The lowest BCUT2D eigenvalue weighted by atomic mass is 10.1. The molecule has 0 atom stereocenters. The zero-order valence-electron chi connectivity index (χ0n) is 14.3. The number of rotatable bonds is 6. The third kappa shape index (κ3) is 5.49. The van der Waals surface area contributed by atoms with Gasteiger partial charge in [-0.1, -0.05) is 24.6 Å². The minimum Gasteiger partial charge on any atom is -0.388 e. The predicted molar refractivity (Wildman–Crippen MR) is 105 cm³/mol. The fourth-order valence-corrected chi connectivity index (χ4v) is 2.38. The predicted octanol–water partition coefficient (Wildman–Crippen LogP) is 5.79. The van der Waals surface area contributed by atoms with Crippen molar-refractivity contribution in [2.45, 2.75) is 27.2 Å². The van der Waals surface area contributed by atoms with Gasteiger partial charge in [-0.15, -0.1) is 0 Å². The topological polar surface area (TPSA) is 50.4 Å². The molecule has 3 nitrogen and oxygen atoms in total. The lowest BCUT2D eigenvalue weighted by molar-refractivity contribution is 0.647. The molecule has 0 radical (unpaired) electrons. The number of hydrogen-bond donors (Lipinski definition) is 2. The highest BCUT2D eigenvalue weighted by molar-refractivity contribution is 9.10. The number of allylic oxidation sites excluding steroid dienone is 4. The summed E-state index contributed by atoms with van der Waals surface area (Å²) in [6, 6.07) is 5.22. The first kappa shape index (κ1) is 20.5. The second-order valence-electron chi connectivity index (χ2n) is 5.09. The monoisotopic (exact) mass is 413 g/mol. The van der Waals surface area contributed by atoms with Crippen LogP contribution in [-0.4, -0.2) is 12.9 Å². The molecule has 1 aromatic carbocycles. The Morgan fingerprint density at radius 2 is 2.12 bits per heavy atom. The van der Waals surface area contributed by atoms with Gasteiger partial charge in [0.25, 0.3) is 0 Å². The average Bonchev–Trinajstić information content (AvgIpc) is 2.57. The van der Waals surface area contributed by atoms with Crippen molar-refractivity contribution in [1.82, 2.24) is 5.32 Å². The van der Waals surface area contributed by atoms with Gasteiger partial charge < -0.3 is 11.1 Å². The molecule has 24 heavy (non-hydrogen) atoms. The third-order valence-corrected chi connectivity index (χ3v) is 4.70. The summed E-state index contributed by atoms with van der Waals surface area (Å²) in [5.74, 6) is -0.0942. The molecule has 6 heteroatoms. The molecular weight excluding hydrogens is 393 g/mol. The molecule has 0 saturated carbocycles. The molecule has 0 aliphatic heterocycles. The molecule has 0 heterocycles. The molecule has 3 N–H and O–H groups in total. The van der Waals surface area contributed by atoms with Crippen molar-refractivity contribution in [3.05, 3.63) is 62.5 Å². The molecule has 0 aliphatic rings. The van der Waals surface area contributed by atoms with Gasteiger partial charge in [0.2, 0.25) is 0 Å². The van der Waals surface area contributed by atoms with Crippen LogP contribution < -0.4 is 11.1 Å². The Labute approximate surface area is 156 Å². The van der Waals surface area contributed by atoms with Crippen LogP contribution >= 0.6 is 27.5 Å². The molecule has 0 fully saturated rings. The zero-order valence-corrected chi connectivity index (χ0v) is 16.6. The number of aliphatic imine (C=N–C) groups is 1. The maximum Gasteiger partial charge on any atom is 0.133 e. The van der Waals surface area contributed by atoms with Gasteiger partial charge in [-0.25, -0.2) is 9.38 Å². The van der Waals surface area contributed by atoms with Crippen LogP contribution in [0.4, 0.5) is 10.1 Å². The van der Waals surface area contributed by atoms with Crippen molar-refractivity contribution in [2.75, 3.05) is 7.05 Å². The Morgan fingerprint density at radius 1 is 1.46 bits per heavy atom. The van der Waals surface area contributed by atoms with Gasteiger partial charge in [-0.2, -0.15) is 0 Å². The maximum absolute atomic E-state index is 14.3. The first-order chi connectivity index (χ1) is 11.3. The molecule has 1 rings (SSSR count). The van der Waals surface area contributed by atoms with Crippen LogP contribution in [0, 0.1) is 0 Å². The largest absolute Gasteiger partial charge is 0.388 e. The summed E-state index contributed by atoms with van der Waals surface area (Å²) in [5.41, 5.74) is 8.61. The Morgan fingerprint density at radius 3 is 2.62 bits per heavy atom. The molecule has 0 aliphatic carbocycles. The highest BCUT2D eigenvalue weighted by Crippen LogP contribution is 2.27. The van der Waals surface area contributed by atoms with Gasteiger partial charge in [-0.05, 0) is 66.0 Å². The second-order valence-corrected chi connectivity index (χ2v) is 6.35. The minimum atomic E-state index is -0.308. The quantitative estimate of drug-likeness (QED) is 0.351. The van der Waals surface area contributed by atoms with Gasteiger partial charge in [0.15, 0.2) is 0 Å². The number of likely N-dealkylation sites (N-methyl/N-ethyl adjacent to an activating group) is 1. The third-order valence-electron chi connectivity index (χ3n) is 3.49. The van der Waals surface area contributed by atoms with E-state index in [1.54, 1.807) is 32.2 Å². The van der Waals surface area contributed by atoms with Crippen LogP contribution in [0.15, 0.2) is 62.5 Å². The van der Waals surface area contributed by atoms with Gasteiger partial charge in [0.1, 0.15) is 11.7 Å². The number of nitrogens with zero attached hydrogens (tertiary/aromatic N) is 1. The zero-order chi connectivity index (χ0) is 18.3. The highest BCUT2D eigenvalue weighted by atomic mass is 79.9. The van der Waals surface area contributed by atoms with Crippen molar-refractivity contribution < 1.29 is 4.39 Å². The SMILES string of the molecule is C\C=C(NC)/C(=C\C(F)=C(/C)CC)C(N)=Nc1ccc(Cl)c(Br)c1. The van der Waals surface area contributed by atoms with Crippen molar-refractivity contribution in [3.63, 3.8) is 0 Å². The van der Waals surface area contributed by atoms with Crippen LogP contribution in [0.3, 0.4) is 0 Å². The van der Waals surface area contributed by atoms with E-state index in [4.69, 9.17) is 17.3 Å². The lowest BCUT2D eigenvalue weighted by Gasteiger charge is -2.12. The van der Waals surface area contributed by atoms with Crippen molar-refractivity contribution in [2.24, 2.45) is 10.7 Å². The van der Waals surface area contributed by atoms with Gasteiger partial charge in [0, 0.05) is 22.8 Å².